The van der Waals surface area contributed by atoms with Crippen molar-refractivity contribution < 1.29 is 0 Å². The van der Waals surface area contributed by atoms with E-state index in [1.807, 2.05) is 30.3 Å². The summed E-state index contributed by atoms with van der Waals surface area (Å²) < 4.78 is 3.15. The van der Waals surface area contributed by atoms with Crippen LogP contribution in [0.3, 0.4) is 0 Å². The van der Waals surface area contributed by atoms with E-state index in [2.05, 4.69) is 21.2 Å². The number of halogens is 1. The predicted octanol–water partition coefficient (Wildman–Crippen LogP) is 3.01. The average molecular weight is 482 g/mol. The van der Waals surface area contributed by atoms with Crippen molar-refractivity contribution in [1.29, 1.82) is 0 Å². The van der Waals surface area contributed by atoms with E-state index < -0.39 is 5.54 Å². The highest BCUT2D eigenvalue weighted by Crippen LogP contribution is 2.36. The van der Waals surface area contributed by atoms with Gasteiger partial charge in [0, 0.05) is 36.1 Å². The summed E-state index contributed by atoms with van der Waals surface area (Å²) in [5.74, 6) is 2.54. The molecule has 0 aliphatic heterocycles. The number of hydrogen-bond donors (Lipinski definition) is 1. The normalized spacial score (nSPS) is 12.9. The Bertz CT molecular complexity index is 1680. The van der Waals surface area contributed by atoms with Gasteiger partial charge in [0.05, 0.1) is 35.0 Å². The van der Waals surface area contributed by atoms with Crippen LogP contribution >= 0.6 is 11.6 Å². The fourth-order valence-electron chi connectivity index (χ4n) is 4.23. The summed E-state index contributed by atoms with van der Waals surface area (Å²) in [7, 11) is 3.46. The summed E-state index contributed by atoms with van der Waals surface area (Å²) in [5.41, 5.74) is 9.96. The highest BCUT2D eigenvalue weighted by atomic mass is 35.5. The highest BCUT2D eigenvalue weighted by molar-refractivity contribution is 6.30. The molecule has 0 aliphatic carbocycles. The number of aryl methyl sites for hydroxylation is 2. The quantitative estimate of drug-likeness (QED) is 0.396. The number of pyridine rings is 3. The zero-order valence-corrected chi connectivity index (χ0v) is 19.7. The second-order valence-electron chi connectivity index (χ2n) is 8.15. The number of fused-ring (bicyclic) bond motifs is 1. The second-order valence-corrected chi connectivity index (χ2v) is 8.59. The Balaban J connectivity index is 1.84. The molecule has 9 heteroatoms. The Morgan fingerprint density at radius 3 is 2.54 bits per heavy atom. The molecule has 1 unspecified atom stereocenters. The third-order valence-electron chi connectivity index (χ3n) is 6.13. The monoisotopic (exact) mass is 481 g/mol. The second kappa shape index (κ2) is 8.47. The van der Waals surface area contributed by atoms with Gasteiger partial charge in [0.25, 0.3) is 5.56 Å². The number of nitrogens with two attached hydrogens (primary N) is 1. The Hall–Kier alpha value is -4.32. The van der Waals surface area contributed by atoms with Crippen molar-refractivity contribution in [3.05, 3.63) is 105 Å². The zero-order chi connectivity index (χ0) is 24.7. The molecule has 0 fully saturated rings. The maximum absolute atomic E-state index is 12.8. The number of rotatable bonds is 4. The molecule has 0 bridgehead atoms. The molecule has 5 aromatic rings. The minimum Gasteiger partial charge on any atom is -0.311 e. The van der Waals surface area contributed by atoms with Crippen molar-refractivity contribution in [2.45, 2.75) is 5.54 Å². The summed E-state index contributed by atoms with van der Waals surface area (Å²) in [5, 5.41) is 9.45. The topological polar surface area (TPSA) is 105 Å². The van der Waals surface area contributed by atoms with E-state index >= 15 is 0 Å². The average Bonchev–Trinajstić information content (AvgIpc) is 3.32. The van der Waals surface area contributed by atoms with Crippen molar-refractivity contribution in [1.82, 2.24) is 29.5 Å². The number of aromatic nitrogens is 6. The van der Waals surface area contributed by atoms with Crippen LogP contribution in [0.5, 0.6) is 0 Å². The zero-order valence-electron chi connectivity index (χ0n) is 19.0. The predicted molar refractivity (Wildman–Crippen MR) is 135 cm³/mol. The lowest BCUT2D eigenvalue weighted by atomic mass is 9.83. The van der Waals surface area contributed by atoms with Gasteiger partial charge in [0.2, 0.25) is 0 Å². The van der Waals surface area contributed by atoms with E-state index in [0.29, 0.717) is 38.9 Å². The Morgan fingerprint density at radius 1 is 1.09 bits per heavy atom. The summed E-state index contributed by atoms with van der Waals surface area (Å²) in [4.78, 5) is 22.0. The van der Waals surface area contributed by atoms with E-state index in [4.69, 9.17) is 28.7 Å². The molecule has 172 valence electrons. The van der Waals surface area contributed by atoms with E-state index in [1.54, 1.807) is 55.4 Å². The maximum atomic E-state index is 12.8. The number of benzene rings is 1. The molecule has 0 saturated carbocycles. The number of nitrogens with zero attached hydrogens (tertiary/aromatic N) is 6. The van der Waals surface area contributed by atoms with E-state index in [-0.39, 0.29) is 5.56 Å². The van der Waals surface area contributed by atoms with Gasteiger partial charge in [-0.2, -0.15) is 0 Å². The van der Waals surface area contributed by atoms with E-state index in [9.17, 15) is 4.79 Å². The molecule has 1 aromatic carbocycles. The lowest BCUT2D eigenvalue weighted by Crippen LogP contribution is -2.42. The van der Waals surface area contributed by atoms with Crippen LogP contribution in [0, 0.1) is 12.3 Å². The van der Waals surface area contributed by atoms with Crippen LogP contribution in [0.25, 0.3) is 22.2 Å². The molecule has 2 N–H and O–H groups in total. The van der Waals surface area contributed by atoms with Crippen LogP contribution in [0.15, 0.2) is 71.8 Å². The summed E-state index contributed by atoms with van der Waals surface area (Å²) in [6.07, 6.45) is 8.81. The van der Waals surface area contributed by atoms with Gasteiger partial charge in [-0.15, -0.1) is 11.5 Å². The first-order valence-electron chi connectivity index (χ1n) is 10.7. The van der Waals surface area contributed by atoms with Gasteiger partial charge < -0.3 is 10.3 Å². The molecule has 5 rings (SSSR count). The fraction of sp³-hybridized carbons (Fsp3) is 0.115. The summed E-state index contributed by atoms with van der Waals surface area (Å²) >= 11 is 6.15. The highest BCUT2D eigenvalue weighted by Gasteiger charge is 2.37. The van der Waals surface area contributed by atoms with Crippen molar-refractivity contribution in [3.63, 3.8) is 0 Å². The largest absolute Gasteiger partial charge is 0.311 e. The third kappa shape index (κ3) is 3.67. The minimum atomic E-state index is -1.21. The van der Waals surface area contributed by atoms with Crippen LogP contribution in [0.2, 0.25) is 5.02 Å². The molecule has 0 saturated heterocycles. The SMILES string of the molecule is C#Cc1cccc(-c2cc(=O)n(C)c3cnc(C(N)(c4ccc(Cl)cc4)c4cnnn4C)cc23)n1. The molecule has 8 nitrogen and oxygen atoms in total. The van der Waals surface area contributed by atoms with Crippen LogP contribution in [-0.4, -0.2) is 29.5 Å². The smallest absolute Gasteiger partial charge is 0.251 e. The van der Waals surface area contributed by atoms with Gasteiger partial charge in [0.1, 0.15) is 11.2 Å². The van der Waals surface area contributed by atoms with Gasteiger partial charge in [-0.3, -0.25) is 9.78 Å². The van der Waals surface area contributed by atoms with Gasteiger partial charge >= 0.3 is 0 Å². The van der Waals surface area contributed by atoms with Gasteiger partial charge in [-0.05, 0) is 35.9 Å². The molecule has 0 aliphatic rings. The van der Waals surface area contributed by atoms with Gasteiger partial charge in [0.15, 0.2) is 0 Å². The van der Waals surface area contributed by atoms with Crippen molar-refractivity contribution in [3.8, 4) is 23.6 Å². The van der Waals surface area contributed by atoms with Crippen molar-refractivity contribution >= 4 is 22.5 Å². The molecule has 35 heavy (non-hydrogen) atoms. The molecular formula is C26H20ClN7O. The van der Waals surface area contributed by atoms with E-state index in [0.717, 1.165) is 10.9 Å². The Labute approximate surface area is 206 Å². The Morgan fingerprint density at radius 2 is 1.86 bits per heavy atom. The molecule has 1 atom stereocenters. The first kappa shape index (κ1) is 22.5. The molecule has 0 spiro atoms. The van der Waals surface area contributed by atoms with Crippen LogP contribution < -0.4 is 11.3 Å². The number of terminal acetylenes is 1. The van der Waals surface area contributed by atoms with Gasteiger partial charge in [-0.25, -0.2) is 9.67 Å². The minimum absolute atomic E-state index is 0.192. The first-order valence-corrected chi connectivity index (χ1v) is 11.0. The van der Waals surface area contributed by atoms with Crippen LogP contribution in [-0.2, 0) is 19.6 Å². The van der Waals surface area contributed by atoms with E-state index in [1.165, 1.54) is 4.57 Å². The summed E-state index contributed by atoms with van der Waals surface area (Å²) in [6.45, 7) is 0. The maximum Gasteiger partial charge on any atom is 0.251 e. The van der Waals surface area contributed by atoms with Crippen molar-refractivity contribution in [2.75, 3.05) is 0 Å². The molecule has 0 amide bonds. The van der Waals surface area contributed by atoms with Crippen LogP contribution in [0.1, 0.15) is 22.6 Å². The lowest BCUT2D eigenvalue weighted by Gasteiger charge is -2.30. The van der Waals surface area contributed by atoms with Crippen LogP contribution in [0.4, 0.5) is 0 Å². The lowest BCUT2D eigenvalue weighted by molar-refractivity contribution is 0.550. The summed E-state index contributed by atoms with van der Waals surface area (Å²) in [6, 6.07) is 16.0. The number of hydrogen-bond acceptors (Lipinski definition) is 6. The molecule has 0 radical (unpaired) electrons. The molecular weight excluding hydrogens is 462 g/mol. The standard InChI is InChI=1S/C26H20ClN7O/c1-4-18-6-5-7-21(31-18)19-13-25(35)33(2)22-14-29-23(12-20(19)22)26(28,24-15-30-32-34(24)3)16-8-10-17(27)11-9-16/h1,5-15H,28H2,2-3H3. The first-order chi connectivity index (χ1) is 16.8. The fourth-order valence-corrected chi connectivity index (χ4v) is 4.35. The third-order valence-corrected chi connectivity index (χ3v) is 6.38. The molecule has 4 heterocycles. The van der Waals surface area contributed by atoms with Gasteiger partial charge in [-0.1, -0.05) is 40.9 Å². The molecule has 4 aromatic heterocycles. The Kier molecular flexibility index (Phi) is 5.44. The van der Waals surface area contributed by atoms with Crippen molar-refractivity contribution in [2.24, 2.45) is 19.8 Å².